The molecule has 26 heavy (non-hydrogen) atoms. The minimum absolute atomic E-state index is 0.0346. The Kier molecular flexibility index (Phi) is 11.3. The molecule has 0 aliphatic carbocycles. The van der Waals surface area contributed by atoms with Gasteiger partial charge in [-0.2, -0.15) is 0 Å². The summed E-state index contributed by atoms with van der Waals surface area (Å²) >= 11 is 1.68. The summed E-state index contributed by atoms with van der Waals surface area (Å²) in [6, 6.07) is 6.48. The molecular weight excluding hydrogens is 377 g/mol. The zero-order chi connectivity index (χ0) is 19.3. The Morgan fingerprint density at radius 1 is 1.23 bits per heavy atom. The van der Waals surface area contributed by atoms with Crippen molar-refractivity contribution in [3.63, 3.8) is 0 Å². The second-order valence-corrected chi connectivity index (χ2v) is 9.01. The van der Waals surface area contributed by atoms with E-state index >= 15 is 0 Å². The van der Waals surface area contributed by atoms with Crippen molar-refractivity contribution in [3.05, 3.63) is 30.1 Å². The van der Waals surface area contributed by atoms with Gasteiger partial charge in [-0.05, 0) is 43.4 Å². The number of hydrogen-bond donors (Lipinski definition) is 2. The van der Waals surface area contributed by atoms with E-state index in [1.165, 1.54) is 18.4 Å². The lowest BCUT2D eigenvalue weighted by Crippen LogP contribution is -2.39. The Hall–Kier alpha value is -1.32. The largest absolute Gasteiger partial charge is 0.379 e. The molecule has 1 aromatic carbocycles. The molecule has 0 atom stereocenters. The van der Waals surface area contributed by atoms with Crippen molar-refractivity contribution in [3.8, 4) is 0 Å². The highest BCUT2D eigenvalue weighted by Crippen LogP contribution is 2.18. The van der Waals surface area contributed by atoms with E-state index in [4.69, 9.17) is 4.74 Å². The van der Waals surface area contributed by atoms with Gasteiger partial charge >= 0.3 is 0 Å². The first kappa shape index (κ1) is 22.7. The first-order valence-electron chi connectivity index (χ1n) is 8.56. The standard InChI is InChI=1S/C17H28FN3O3S2/c1-3-19-17(21-10-11-24-12-14-26(2,22)23)20-9-4-13-25-16-7-5-15(18)6-8-16/h5-8H,3-4,9-14H2,1-2H3,(H2,19,20,21). The number of rotatable bonds is 12. The first-order valence-corrected chi connectivity index (χ1v) is 11.6. The highest BCUT2D eigenvalue weighted by molar-refractivity contribution is 7.99. The average molecular weight is 406 g/mol. The minimum atomic E-state index is -2.98. The van der Waals surface area contributed by atoms with Gasteiger partial charge < -0.3 is 15.4 Å². The quantitative estimate of drug-likeness (QED) is 0.239. The van der Waals surface area contributed by atoms with Crippen molar-refractivity contribution in [1.82, 2.24) is 10.6 Å². The van der Waals surface area contributed by atoms with Gasteiger partial charge in [-0.1, -0.05) is 0 Å². The average Bonchev–Trinajstić information content (AvgIpc) is 2.58. The third-order valence-electron chi connectivity index (χ3n) is 3.14. The van der Waals surface area contributed by atoms with Crippen LogP contribution in [0.2, 0.25) is 0 Å². The predicted molar refractivity (Wildman–Crippen MR) is 106 cm³/mol. The summed E-state index contributed by atoms with van der Waals surface area (Å²) in [5.74, 6) is 1.43. The molecule has 0 saturated carbocycles. The molecule has 0 spiro atoms. The number of nitrogens with one attached hydrogen (secondary N) is 2. The van der Waals surface area contributed by atoms with Gasteiger partial charge in [-0.25, -0.2) is 12.8 Å². The fourth-order valence-corrected chi connectivity index (χ4v) is 3.13. The number of sulfone groups is 1. The van der Waals surface area contributed by atoms with Crippen LogP contribution in [0.3, 0.4) is 0 Å². The Morgan fingerprint density at radius 3 is 2.62 bits per heavy atom. The van der Waals surface area contributed by atoms with Gasteiger partial charge in [0.15, 0.2) is 5.96 Å². The maximum Gasteiger partial charge on any atom is 0.191 e. The molecule has 1 aromatic rings. The molecule has 0 aromatic heterocycles. The Labute approximate surface area is 159 Å². The predicted octanol–water partition coefficient (Wildman–Crippen LogP) is 1.92. The van der Waals surface area contributed by atoms with E-state index in [0.717, 1.165) is 23.6 Å². The van der Waals surface area contributed by atoms with Crippen LogP contribution in [0.1, 0.15) is 13.3 Å². The molecule has 0 saturated heterocycles. The topological polar surface area (TPSA) is 79.8 Å². The van der Waals surface area contributed by atoms with Crippen LogP contribution in [0.5, 0.6) is 0 Å². The lowest BCUT2D eigenvalue weighted by Gasteiger charge is -2.11. The number of thioether (sulfide) groups is 1. The molecule has 0 heterocycles. The highest BCUT2D eigenvalue weighted by Gasteiger charge is 2.02. The monoisotopic (exact) mass is 405 g/mol. The lowest BCUT2D eigenvalue weighted by atomic mass is 10.4. The number of aliphatic imine (C=N–C) groups is 1. The summed E-state index contributed by atoms with van der Waals surface area (Å²) < 4.78 is 40.1. The second-order valence-electron chi connectivity index (χ2n) is 5.59. The van der Waals surface area contributed by atoms with Crippen LogP contribution in [0.25, 0.3) is 0 Å². The normalized spacial score (nSPS) is 12.2. The summed E-state index contributed by atoms with van der Waals surface area (Å²) in [5, 5.41) is 6.30. The van der Waals surface area contributed by atoms with Crippen molar-refractivity contribution in [1.29, 1.82) is 0 Å². The molecule has 148 valence electrons. The van der Waals surface area contributed by atoms with Gasteiger partial charge in [-0.15, -0.1) is 11.8 Å². The maximum atomic E-state index is 12.8. The SMILES string of the molecule is CCNC(=NCCCSc1ccc(F)cc1)NCCOCCS(C)(=O)=O. The lowest BCUT2D eigenvalue weighted by molar-refractivity contribution is 0.154. The summed E-state index contributed by atoms with van der Waals surface area (Å²) in [7, 11) is -2.98. The first-order chi connectivity index (χ1) is 12.4. The molecule has 0 fully saturated rings. The summed E-state index contributed by atoms with van der Waals surface area (Å²) in [6.07, 6.45) is 2.10. The van der Waals surface area contributed by atoms with E-state index in [2.05, 4.69) is 15.6 Å². The fraction of sp³-hybridized carbons (Fsp3) is 0.588. The highest BCUT2D eigenvalue weighted by atomic mass is 32.2. The van der Waals surface area contributed by atoms with E-state index < -0.39 is 9.84 Å². The molecule has 0 unspecified atom stereocenters. The van der Waals surface area contributed by atoms with E-state index in [1.807, 2.05) is 6.92 Å². The van der Waals surface area contributed by atoms with Gasteiger partial charge in [0.1, 0.15) is 15.7 Å². The third-order valence-corrected chi connectivity index (χ3v) is 5.14. The van der Waals surface area contributed by atoms with Crippen LogP contribution in [0, 0.1) is 5.82 Å². The zero-order valence-corrected chi connectivity index (χ0v) is 17.0. The van der Waals surface area contributed by atoms with Gasteiger partial charge in [0, 0.05) is 30.8 Å². The number of hydrogen-bond acceptors (Lipinski definition) is 5. The number of ether oxygens (including phenoxy) is 1. The molecule has 9 heteroatoms. The fourth-order valence-electron chi connectivity index (χ4n) is 1.87. The number of nitrogens with zero attached hydrogens (tertiary/aromatic N) is 1. The van der Waals surface area contributed by atoms with Crippen molar-refractivity contribution in [2.24, 2.45) is 4.99 Å². The number of halogens is 1. The number of benzene rings is 1. The Balaban J connectivity index is 2.18. The van der Waals surface area contributed by atoms with E-state index in [0.29, 0.717) is 25.7 Å². The molecule has 0 radical (unpaired) electrons. The smallest absolute Gasteiger partial charge is 0.191 e. The third kappa shape index (κ3) is 12.1. The van der Waals surface area contributed by atoms with Crippen molar-refractivity contribution in [2.75, 3.05) is 50.6 Å². The van der Waals surface area contributed by atoms with Crippen molar-refractivity contribution < 1.29 is 17.5 Å². The molecule has 1 rings (SSSR count). The number of guanidine groups is 1. The van der Waals surface area contributed by atoms with Crippen LogP contribution in [-0.4, -0.2) is 65.0 Å². The van der Waals surface area contributed by atoms with Gasteiger partial charge in [0.25, 0.3) is 0 Å². The van der Waals surface area contributed by atoms with Gasteiger partial charge in [0.2, 0.25) is 0 Å². The van der Waals surface area contributed by atoms with Crippen molar-refractivity contribution >= 4 is 27.6 Å². The van der Waals surface area contributed by atoms with Crippen LogP contribution in [0.4, 0.5) is 4.39 Å². The molecule has 0 aliphatic heterocycles. The van der Waals surface area contributed by atoms with Gasteiger partial charge in [0.05, 0.1) is 19.0 Å². The minimum Gasteiger partial charge on any atom is -0.379 e. The maximum absolute atomic E-state index is 12.8. The van der Waals surface area contributed by atoms with E-state index in [1.54, 1.807) is 23.9 Å². The molecular formula is C17H28FN3O3S2. The summed E-state index contributed by atoms with van der Waals surface area (Å²) in [4.78, 5) is 5.53. The van der Waals surface area contributed by atoms with E-state index in [9.17, 15) is 12.8 Å². The molecule has 6 nitrogen and oxygen atoms in total. The van der Waals surface area contributed by atoms with Crippen molar-refractivity contribution in [2.45, 2.75) is 18.2 Å². The van der Waals surface area contributed by atoms with Crippen LogP contribution < -0.4 is 10.6 Å². The van der Waals surface area contributed by atoms with Crippen LogP contribution in [0.15, 0.2) is 34.2 Å². The Morgan fingerprint density at radius 2 is 1.96 bits per heavy atom. The summed E-state index contributed by atoms with van der Waals surface area (Å²) in [6.45, 7) is 4.60. The van der Waals surface area contributed by atoms with Crippen LogP contribution >= 0.6 is 11.8 Å². The molecule has 0 bridgehead atoms. The molecule has 0 amide bonds. The van der Waals surface area contributed by atoms with E-state index in [-0.39, 0.29) is 18.2 Å². The molecule has 2 N–H and O–H groups in total. The Bertz CT molecular complexity index is 637. The second kappa shape index (κ2) is 12.9. The zero-order valence-electron chi connectivity index (χ0n) is 15.3. The molecule has 0 aliphatic rings. The van der Waals surface area contributed by atoms with Crippen LogP contribution in [-0.2, 0) is 14.6 Å². The van der Waals surface area contributed by atoms with Gasteiger partial charge in [-0.3, -0.25) is 4.99 Å². The summed E-state index contributed by atoms with van der Waals surface area (Å²) in [5.41, 5.74) is 0.